The molecule has 2 rings (SSSR count). The summed E-state index contributed by atoms with van der Waals surface area (Å²) in [6.07, 6.45) is 0.571. The van der Waals surface area contributed by atoms with Crippen molar-refractivity contribution >= 4 is 5.78 Å². The molecule has 0 atom stereocenters. The van der Waals surface area contributed by atoms with E-state index in [1.807, 2.05) is 30.3 Å². The molecule has 2 nitrogen and oxygen atoms in total. The molecule has 0 saturated heterocycles. The fraction of sp³-hybridized carbons (Fsp3) is 0.188. The number of Topliss-reactive ketones (excluding diaryl/α,β-unsaturated/α-hetero) is 1. The van der Waals surface area contributed by atoms with Crippen LogP contribution >= 0.6 is 0 Å². The Kier molecular flexibility index (Phi) is 4.67. The summed E-state index contributed by atoms with van der Waals surface area (Å²) in [6, 6.07) is 15.5. The van der Waals surface area contributed by atoms with Gasteiger partial charge < -0.3 is 4.74 Å². The lowest BCUT2D eigenvalue weighted by Crippen LogP contribution is -2.09. The summed E-state index contributed by atoms with van der Waals surface area (Å²) in [6.45, 7) is 0.345. The summed E-state index contributed by atoms with van der Waals surface area (Å²) in [5.74, 6) is 0.480. The summed E-state index contributed by atoms with van der Waals surface area (Å²) >= 11 is 0. The number of hydrogen-bond donors (Lipinski definition) is 0. The van der Waals surface area contributed by atoms with Gasteiger partial charge in [0.15, 0.2) is 0 Å². The number of carbonyl (C=O) groups is 1. The first kappa shape index (κ1) is 13.3. The molecule has 0 aromatic heterocycles. The van der Waals surface area contributed by atoms with Crippen molar-refractivity contribution in [2.24, 2.45) is 0 Å². The van der Waals surface area contributed by atoms with Gasteiger partial charge in [-0.3, -0.25) is 4.79 Å². The molecule has 0 saturated carbocycles. The Labute approximate surface area is 111 Å². The summed E-state index contributed by atoms with van der Waals surface area (Å²) < 4.78 is 18.4. The van der Waals surface area contributed by atoms with Crippen LogP contribution in [-0.4, -0.2) is 12.4 Å². The van der Waals surface area contributed by atoms with Crippen LogP contribution in [0.2, 0.25) is 0 Å². The number of carbonyl (C=O) groups excluding carboxylic acids is 1. The van der Waals surface area contributed by atoms with Crippen LogP contribution < -0.4 is 4.74 Å². The van der Waals surface area contributed by atoms with Crippen molar-refractivity contribution in [1.29, 1.82) is 0 Å². The van der Waals surface area contributed by atoms with Crippen LogP contribution in [0.3, 0.4) is 0 Å². The maximum Gasteiger partial charge on any atom is 0.140 e. The van der Waals surface area contributed by atoms with Crippen molar-refractivity contribution in [3.05, 3.63) is 66.0 Å². The van der Waals surface area contributed by atoms with Gasteiger partial charge in [0.05, 0.1) is 6.61 Å². The highest BCUT2D eigenvalue weighted by molar-refractivity contribution is 5.80. The predicted octanol–water partition coefficient (Wildman–Crippen LogP) is 3.41. The Bertz CT molecular complexity index is 537. The summed E-state index contributed by atoms with van der Waals surface area (Å²) in [7, 11) is 0. The lowest BCUT2D eigenvalue weighted by Gasteiger charge is -2.05. The van der Waals surface area contributed by atoms with Crippen molar-refractivity contribution in [3.8, 4) is 5.75 Å². The molecule has 0 aliphatic heterocycles. The Morgan fingerprint density at radius 1 is 1.05 bits per heavy atom. The number of benzene rings is 2. The minimum atomic E-state index is -0.314. The van der Waals surface area contributed by atoms with Crippen LogP contribution in [0.5, 0.6) is 5.75 Å². The van der Waals surface area contributed by atoms with Gasteiger partial charge in [-0.2, -0.15) is 0 Å². The first-order valence-electron chi connectivity index (χ1n) is 6.18. The van der Waals surface area contributed by atoms with E-state index in [0.29, 0.717) is 18.6 Å². The smallest absolute Gasteiger partial charge is 0.140 e. The first-order chi connectivity index (χ1) is 9.24. The lowest BCUT2D eigenvalue weighted by atomic mass is 10.1. The Morgan fingerprint density at radius 2 is 1.84 bits per heavy atom. The Morgan fingerprint density at radius 3 is 2.58 bits per heavy atom. The van der Waals surface area contributed by atoms with Crippen molar-refractivity contribution in [1.82, 2.24) is 0 Å². The zero-order valence-electron chi connectivity index (χ0n) is 10.5. The van der Waals surface area contributed by atoms with Gasteiger partial charge >= 0.3 is 0 Å². The third-order valence-corrected chi connectivity index (χ3v) is 2.68. The Balaban J connectivity index is 1.76. The number of halogens is 1. The average molecular weight is 258 g/mol. The molecule has 0 bridgehead atoms. The highest BCUT2D eigenvalue weighted by atomic mass is 19.1. The predicted molar refractivity (Wildman–Crippen MR) is 71.7 cm³/mol. The van der Waals surface area contributed by atoms with Crippen molar-refractivity contribution < 1.29 is 13.9 Å². The van der Waals surface area contributed by atoms with Gasteiger partial charge in [0.1, 0.15) is 17.3 Å². The molecule has 98 valence electrons. The van der Waals surface area contributed by atoms with Gasteiger partial charge in [-0.1, -0.05) is 30.3 Å². The van der Waals surface area contributed by atoms with Gasteiger partial charge in [0.2, 0.25) is 0 Å². The highest BCUT2D eigenvalue weighted by Gasteiger charge is 2.05. The normalized spacial score (nSPS) is 10.2. The van der Waals surface area contributed by atoms with E-state index >= 15 is 0 Å². The lowest BCUT2D eigenvalue weighted by molar-refractivity contribution is -0.118. The molecule has 0 aliphatic carbocycles. The zero-order chi connectivity index (χ0) is 13.5. The topological polar surface area (TPSA) is 26.3 Å². The van der Waals surface area contributed by atoms with E-state index in [1.165, 1.54) is 12.1 Å². The minimum Gasteiger partial charge on any atom is -0.493 e. The second-order valence-corrected chi connectivity index (χ2v) is 4.26. The SMILES string of the molecule is O=C(CCOc1ccccc1)Cc1cccc(F)c1. The van der Waals surface area contributed by atoms with Crippen LogP contribution in [0.15, 0.2) is 54.6 Å². The van der Waals surface area contributed by atoms with Gasteiger partial charge in [-0.05, 0) is 29.8 Å². The molecule has 0 fully saturated rings. The number of hydrogen-bond acceptors (Lipinski definition) is 2. The first-order valence-corrected chi connectivity index (χ1v) is 6.18. The third kappa shape index (κ3) is 4.54. The van der Waals surface area contributed by atoms with Gasteiger partial charge in [0, 0.05) is 12.8 Å². The zero-order valence-corrected chi connectivity index (χ0v) is 10.5. The molecule has 0 aliphatic rings. The van der Waals surface area contributed by atoms with E-state index in [0.717, 1.165) is 5.75 Å². The molecule has 0 N–H and O–H groups in total. The number of ketones is 1. The fourth-order valence-corrected chi connectivity index (χ4v) is 1.76. The largest absolute Gasteiger partial charge is 0.493 e. The van der Waals surface area contributed by atoms with Crippen molar-refractivity contribution in [2.45, 2.75) is 12.8 Å². The van der Waals surface area contributed by atoms with Crippen molar-refractivity contribution in [2.75, 3.05) is 6.61 Å². The van der Waals surface area contributed by atoms with Crippen LogP contribution in [0.1, 0.15) is 12.0 Å². The molecule has 3 heteroatoms. The maximum atomic E-state index is 13.0. The average Bonchev–Trinajstić information content (AvgIpc) is 2.40. The summed E-state index contributed by atoms with van der Waals surface area (Å²) in [5, 5.41) is 0. The fourth-order valence-electron chi connectivity index (χ4n) is 1.76. The van der Waals surface area contributed by atoms with Crippen LogP contribution in [0.25, 0.3) is 0 Å². The molecule has 0 unspecified atom stereocenters. The highest BCUT2D eigenvalue weighted by Crippen LogP contribution is 2.09. The molecule has 2 aromatic carbocycles. The van der Waals surface area contributed by atoms with E-state index in [-0.39, 0.29) is 18.0 Å². The van der Waals surface area contributed by atoms with E-state index < -0.39 is 0 Å². The van der Waals surface area contributed by atoms with E-state index in [9.17, 15) is 9.18 Å². The molecule has 0 heterocycles. The second kappa shape index (κ2) is 6.69. The van der Waals surface area contributed by atoms with Gasteiger partial charge in [-0.25, -0.2) is 4.39 Å². The van der Waals surface area contributed by atoms with Crippen LogP contribution in [-0.2, 0) is 11.2 Å². The molecule has 0 radical (unpaired) electrons. The number of rotatable bonds is 6. The molecular formula is C16H15FO2. The molecule has 19 heavy (non-hydrogen) atoms. The standard InChI is InChI=1S/C16H15FO2/c17-14-6-4-5-13(11-14)12-15(18)9-10-19-16-7-2-1-3-8-16/h1-8,11H,9-10,12H2. The number of ether oxygens (including phenoxy) is 1. The second-order valence-electron chi connectivity index (χ2n) is 4.26. The van der Waals surface area contributed by atoms with Gasteiger partial charge in [-0.15, -0.1) is 0 Å². The number of para-hydroxylation sites is 1. The van der Waals surface area contributed by atoms with E-state index in [4.69, 9.17) is 4.74 Å². The quantitative estimate of drug-likeness (QED) is 0.793. The van der Waals surface area contributed by atoms with E-state index in [1.54, 1.807) is 12.1 Å². The third-order valence-electron chi connectivity index (χ3n) is 2.68. The minimum absolute atomic E-state index is 0.0431. The van der Waals surface area contributed by atoms with Crippen molar-refractivity contribution in [3.63, 3.8) is 0 Å². The molecular weight excluding hydrogens is 243 g/mol. The molecule has 2 aromatic rings. The summed E-state index contributed by atoms with van der Waals surface area (Å²) in [4.78, 5) is 11.7. The van der Waals surface area contributed by atoms with E-state index in [2.05, 4.69) is 0 Å². The van der Waals surface area contributed by atoms with Crippen LogP contribution in [0, 0.1) is 5.82 Å². The summed E-state index contributed by atoms with van der Waals surface area (Å²) in [5.41, 5.74) is 0.699. The maximum absolute atomic E-state index is 13.0. The molecule has 0 amide bonds. The Hall–Kier alpha value is -2.16. The monoisotopic (exact) mass is 258 g/mol. The van der Waals surface area contributed by atoms with Crippen LogP contribution in [0.4, 0.5) is 4.39 Å². The van der Waals surface area contributed by atoms with Gasteiger partial charge in [0.25, 0.3) is 0 Å². The molecule has 0 spiro atoms.